The first-order valence-corrected chi connectivity index (χ1v) is 19.0. The summed E-state index contributed by atoms with van der Waals surface area (Å²) in [7, 11) is 1.49. The molecule has 0 aliphatic carbocycles. The molecule has 0 aromatic heterocycles. The molecule has 0 radical (unpaired) electrons. The Hall–Kier alpha value is -4.87. The highest BCUT2D eigenvalue weighted by Gasteiger charge is 2.65. The number of methoxy groups -OCH3 is 1. The van der Waals surface area contributed by atoms with Crippen molar-refractivity contribution in [2.45, 2.75) is 69.8 Å². The van der Waals surface area contributed by atoms with Crippen LogP contribution < -0.4 is 4.74 Å². The number of esters is 1. The highest BCUT2D eigenvalue weighted by atomic mass is 35.5. The van der Waals surface area contributed by atoms with Gasteiger partial charge in [-0.15, -0.1) is 0 Å². The molecule has 0 amide bonds. The van der Waals surface area contributed by atoms with E-state index in [-0.39, 0.29) is 19.8 Å². The zero-order chi connectivity index (χ0) is 39.4. The summed E-state index contributed by atoms with van der Waals surface area (Å²) in [5, 5.41) is 0.522. The lowest BCUT2D eigenvalue weighted by molar-refractivity contribution is -0.401. The molecule has 1 saturated heterocycles. The lowest BCUT2D eigenvalue weighted by Crippen LogP contribution is -2.72. The molecule has 1 fully saturated rings. The summed E-state index contributed by atoms with van der Waals surface area (Å²) in [6, 6.07) is 42.2. The summed E-state index contributed by atoms with van der Waals surface area (Å²) in [5.74, 6) is -1.65. The van der Waals surface area contributed by atoms with E-state index in [2.05, 4.69) is 0 Å². The SMILES string of the molecule is CCOc1ccc(Cc2cc([C@]3(OC)O[C@](C=O)(COC(C)=O)[C@@H](OCc4ccccc4)[C@H](OCc4ccccc4)[C@H]3OCc3ccccc3)ccc2Cl)cc1. The maximum atomic E-state index is 13.7. The lowest BCUT2D eigenvalue weighted by atomic mass is 9.80. The first-order valence-electron chi connectivity index (χ1n) is 18.6. The van der Waals surface area contributed by atoms with Gasteiger partial charge in [0.15, 0.2) is 11.9 Å². The van der Waals surface area contributed by atoms with Crippen LogP contribution in [0.25, 0.3) is 0 Å². The third-order valence-electron chi connectivity index (χ3n) is 9.71. The number of ether oxygens (including phenoxy) is 7. The molecule has 56 heavy (non-hydrogen) atoms. The molecule has 10 heteroatoms. The number of halogens is 1. The van der Waals surface area contributed by atoms with Crippen LogP contribution >= 0.6 is 11.6 Å². The highest BCUT2D eigenvalue weighted by molar-refractivity contribution is 6.31. The largest absolute Gasteiger partial charge is 0.494 e. The summed E-state index contributed by atoms with van der Waals surface area (Å²) in [6.45, 7) is 3.65. The standard InChI is InChI=1S/C46H47ClO9/c1-4-51-40-23-20-34(21-24-40)26-38-27-39(22-25-41(38)47)46(50-3)44(54-30-37-18-12-7-13-19-37)42(52-28-35-14-8-5-9-15-35)43(53-29-36-16-10-6-11-17-36)45(31-48,56-46)32-55-33(2)49/h5-25,27,31,42-44H,4,26,28-30,32H2,1-3H3/t42-,43-,44+,45+,46-/m0/s1. The highest BCUT2D eigenvalue weighted by Crippen LogP contribution is 2.48. The van der Waals surface area contributed by atoms with Gasteiger partial charge in [-0.05, 0) is 65.4 Å². The van der Waals surface area contributed by atoms with Crippen molar-refractivity contribution in [2.75, 3.05) is 20.3 Å². The van der Waals surface area contributed by atoms with Crippen LogP contribution in [0.3, 0.4) is 0 Å². The molecule has 1 heterocycles. The maximum absolute atomic E-state index is 13.7. The number of carbonyl (C=O) groups excluding carboxylic acids is 2. The van der Waals surface area contributed by atoms with E-state index in [9.17, 15) is 9.59 Å². The van der Waals surface area contributed by atoms with Gasteiger partial charge in [0.1, 0.15) is 30.7 Å². The Morgan fingerprint density at radius 3 is 1.80 bits per heavy atom. The molecule has 0 unspecified atom stereocenters. The molecule has 0 saturated carbocycles. The zero-order valence-corrected chi connectivity index (χ0v) is 32.6. The van der Waals surface area contributed by atoms with Gasteiger partial charge in [0.25, 0.3) is 0 Å². The predicted octanol–water partition coefficient (Wildman–Crippen LogP) is 8.42. The van der Waals surface area contributed by atoms with Crippen LogP contribution in [0.4, 0.5) is 0 Å². The number of hydrogen-bond acceptors (Lipinski definition) is 9. The fraction of sp³-hybridized carbons (Fsp3) is 0.304. The molecule has 0 N–H and O–H groups in total. The number of carbonyl (C=O) groups is 2. The second-order valence-corrected chi connectivity index (χ2v) is 14.0. The van der Waals surface area contributed by atoms with Gasteiger partial charge in [0.05, 0.1) is 26.4 Å². The fourth-order valence-corrected chi connectivity index (χ4v) is 7.11. The predicted molar refractivity (Wildman–Crippen MR) is 212 cm³/mol. The number of aldehydes is 1. The summed E-state index contributed by atoms with van der Waals surface area (Å²) in [5.41, 5.74) is 2.97. The Kier molecular flexibility index (Phi) is 14.1. The topological polar surface area (TPSA) is 98.8 Å². The second-order valence-electron chi connectivity index (χ2n) is 13.6. The van der Waals surface area contributed by atoms with Crippen LogP contribution in [0.15, 0.2) is 133 Å². The van der Waals surface area contributed by atoms with Gasteiger partial charge in [-0.1, -0.05) is 121 Å². The fourth-order valence-electron chi connectivity index (χ4n) is 6.92. The Labute approximate surface area is 333 Å². The minimum atomic E-state index is -1.93. The molecular weight excluding hydrogens is 732 g/mol. The minimum Gasteiger partial charge on any atom is -0.494 e. The average Bonchev–Trinajstić information content (AvgIpc) is 3.23. The van der Waals surface area contributed by atoms with Crippen molar-refractivity contribution in [1.29, 1.82) is 0 Å². The molecule has 292 valence electrons. The number of rotatable bonds is 18. The Morgan fingerprint density at radius 2 is 1.29 bits per heavy atom. The summed E-state index contributed by atoms with van der Waals surface area (Å²) in [6.07, 6.45) is -2.15. The van der Waals surface area contributed by atoms with Crippen LogP contribution in [-0.4, -0.2) is 56.5 Å². The van der Waals surface area contributed by atoms with E-state index in [0.29, 0.717) is 29.9 Å². The second kappa shape index (κ2) is 19.3. The van der Waals surface area contributed by atoms with Crippen LogP contribution in [0.1, 0.15) is 47.2 Å². The van der Waals surface area contributed by atoms with Gasteiger partial charge in [-0.3, -0.25) is 9.59 Å². The summed E-state index contributed by atoms with van der Waals surface area (Å²) in [4.78, 5) is 26.1. The van der Waals surface area contributed by atoms with Crippen molar-refractivity contribution in [3.8, 4) is 5.75 Å². The number of benzene rings is 5. The molecule has 5 aromatic rings. The molecule has 5 aromatic carbocycles. The Bertz CT molecular complexity index is 1990. The summed E-state index contributed by atoms with van der Waals surface area (Å²) >= 11 is 6.87. The molecule has 6 rings (SSSR count). The van der Waals surface area contributed by atoms with Gasteiger partial charge < -0.3 is 33.2 Å². The first kappa shape index (κ1) is 40.8. The van der Waals surface area contributed by atoms with Gasteiger partial charge in [0, 0.05) is 24.6 Å². The van der Waals surface area contributed by atoms with Crippen LogP contribution in [0.5, 0.6) is 5.75 Å². The third kappa shape index (κ3) is 9.73. The van der Waals surface area contributed by atoms with Crippen LogP contribution in [0.2, 0.25) is 5.02 Å². The molecule has 0 spiro atoms. The van der Waals surface area contributed by atoms with Crippen molar-refractivity contribution in [1.82, 2.24) is 0 Å². The van der Waals surface area contributed by atoms with Crippen LogP contribution in [-0.2, 0) is 70.0 Å². The van der Waals surface area contributed by atoms with Gasteiger partial charge in [0.2, 0.25) is 5.79 Å². The van der Waals surface area contributed by atoms with E-state index in [0.717, 1.165) is 33.6 Å². The van der Waals surface area contributed by atoms with Crippen LogP contribution in [0, 0.1) is 0 Å². The molecular formula is C46H47ClO9. The van der Waals surface area contributed by atoms with E-state index >= 15 is 0 Å². The van der Waals surface area contributed by atoms with Gasteiger partial charge >= 0.3 is 5.97 Å². The van der Waals surface area contributed by atoms with Crippen molar-refractivity contribution in [2.24, 2.45) is 0 Å². The maximum Gasteiger partial charge on any atom is 0.302 e. The minimum absolute atomic E-state index is 0.0916. The smallest absolute Gasteiger partial charge is 0.302 e. The van der Waals surface area contributed by atoms with E-state index in [1.165, 1.54) is 14.0 Å². The van der Waals surface area contributed by atoms with Crippen molar-refractivity contribution >= 4 is 23.9 Å². The van der Waals surface area contributed by atoms with Crippen molar-refractivity contribution in [3.63, 3.8) is 0 Å². The normalized spacial score (nSPS) is 22.0. The summed E-state index contributed by atoms with van der Waals surface area (Å²) < 4.78 is 45.1. The molecule has 0 bridgehead atoms. The Morgan fingerprint density at radius 1 is 0.732 bits per heavy atom. The van der Waals surface area contributed by atoms with E-state index < -0.39 is 42.3 Å². The van der Waals surface area contributed by atoms with Crippen molar-refractivity contribution in [3.05, 3.63) is 172 Å². The Balaban J connectivity index is 1.50. The molecule has 5 atom stereocenters. The van der Waals surface area contributed by atoms with Gasteiger partial charge in [-0.2, -0.15) is 0 Å². The quantitative estimate of drug-likeness (QED) is 0.0642. The first-order chi connectivity index (χ1) is 27.3. The van der Waals surface area contributed by atoms with E-state index in [1.807, 2.05) is 128 Å². The average molecular weight is 779 g/mol. The van der Waals surface area contributed by atoms with E-state index in [1.54, 1.807) is 12.1 Å². The monoisotopic (exact) mass is 778 g/mol. The number of hydrogen-bond donors (Lipinski definition) is 0. The third-order valence-corrected chi connectivity index (χ3v) is 10.1. The zero-order valence-electron chi connectivity index (χ0n) is 31.8. The van der Waals surface area contributed by atoms with Crippen molar-refractivity contribution < 1.29 is 42.7 Å². The van der Waals surface area contributed by atoms with Gasteiger partial charge in [-0.25, -0.2) is 0 Å². The molecule has 1 aliphatic rings. The lowest BCUT2D eigenvalue weighted by Gasteiger charge is -2.55. The molecule has 9 nitrogen and oxygen atoms in total. The molecule has 1 aliphatic heterocycles. The van der Waals surface area contributed by atoms with E-state index in [4.69, 9.17) is 44.8 Å².